The molecule has 6 rings (SSSR count). The number of aryl methyl sites for hydroxylation is 1. The van der Waals surface area contributed by atoms with Crippen LogP contribution >= 0.6 is 23.1 Å². The van der Waals surface area contributed by atoms with Gasteiger partial charge >= 0.3 is 5.97 Å². The number of oxime groups is 1. The summed E-state index contributed by atoms with van der Waals surface area (Å²) in [6.07, 6.45) is 6.13. The number of aromatic hydroxyl groups is 1. The number of nitrogens with zero attached hydrogens (tertiary/aromatic N) is 4. The standard InChI is InChI=1S/C23H24N6O5S2.C7H6O3/c1-34-27-16(14-11-36-23(24)25-14)19(30)26-17-20(31)29-18(22(32)33)13(10-35-21(17)29)9-28-8-4-6-12-5-2-3-7-15(12)28;8-6-4-2-1-3-5(6)7(9)10/h4,6,8,11,17,21H,2-3,5,7,9-10H2,1H3,(H3-,24,25,26,30,32,33);1-4,8H,(H,9,10)/b27-16-;/t17-,21-;/m1./s1. The number of rotatable bonds is 8. The van der Waals surface area contributed by atoms with Crippen LogP contribution in [0.4, 0.5) is 5.13 Å². The number of β-lactam (4-membered cyclic amide) rings is 1. The number of carbonyl (C=O) groups is 4. The highest BCUT2D eigenvalue weighted by Crippen LogP contribution is 2.40. The predicted molar refractivity (Wildman–Crippen MR) is 165 cm³/mol. The largest absolute Gasteiger partial charge is 0.543 e. The topological polar surface area (TPSA) is 211 Å². The first-order valence-corrected chi connectivity index (χ1v) is 16.1. The predicted octanol–water partition coefficient (Wildman–Crippen LogP) is 0.437. The fourth-order valence-corrected chi connectivity index (χ4v) is 7.36. The molecule has 2 amide bonds. The minimum absolute atomic E-state index is 0.0671. The zero-order valence-electron chi connectivity index (χ0n) is 24.5. The fourth-order valence-electron chi connectivity index (χ4n) is 5.48. The van der Waals surface area contributed by atoms with Crippen molar-refractivity contribution < 1.29 is 43.9 Å². The number of aromatic carboxylic acids is 1. The Labute approximate surface area is 271 Å². The lowest BCUT2D eigenvalue weighted by atomic mass is 9.95. The number of fused-ring (bicyclic) bond motifs is 2. The number of benzene rings is 1. The summed E-state index contributed by atoms with van der Waals surface area (Å²) in [5, 5.41) is 37.1. The highest BCUT2D eigenvalue weighted by atomic mass is 32.2. The van der Waals surface area contributed by atoms with E-state index in [0.717, 1.165) is 37.0 Å². The van der Waals surface area contributed by atoms with E-state index in [1.807, 2.05) is 12.3 Å². The molecule has 2 atom stereocenters. The van der Waals surface area contributed by atoms with E-state index in [0.29, 0.717) is 17.9 Å². The third-order valence-electron chi connectivity index (χ3n) is 7.58. The molecule has 16 heteroatoms. The Balaban J connectivity index is 0.000000356. The van der Waals surface area contributed by atoms with Crippen LogP contribution in [0, 0.1) is 0 Å². The smallest absolute Gasteiger partial charge is 0.339 e. The second kappa shape index (κ2) is 14.0. The third kappa shape index (κ3) is 6.67. The Hall–Kier alpha value is -4.96. The van der Waals surface area contributed by atoms with Crippen molar-refractivity contribution in [2.45, 2.75) is 43.6 Å². The van der Waals surface area contributed by atoms with Crippen molar-refractivity contribution in [1.82, 2.24) is 15.2 Å². The number of thiazole rings is 1. The number of hydrogen-bond donors (Lipinski definition) is 4. The van der Waals surface area contributed by atoms with E-state index in [1.165, 1.54) is 47.2 Å². The van der Waals surface area contributed by atoms with Gasteiger partial charge in [-0.3, -0.25) is 14.5 Å². The Kier molecular flexibility index (Phi) is 9.87. The number of nitrogen functional groups attached to an aromatic ring is 1. The maximum atomic E-state index is 13.1. The summed E-state index contributed by atoms with van der Waals surface area (Å²) in [6.45, 7) is 0.364. The summed E-state index contributed by atoms with van der Waals surface area (Å²) in [4.78, 5) is 58.4. The summed E-state index contributed by atoms with van der Waals surface area (Å²) in [7, 11) is 1.29. The Morgan fingerprint density at radius 2 is 1.98 bits per heavy atom. The van der Waals surface area contributed by atoms with Crippen LogP contribution in [0.3, 0.4) is 0 Å². The molecule has 1 fully saturated rings. The van der Waals surface area contributed by atoms with E-state index in [4.69, 9.17) is 20.8 Å². The molecule has 0 spiro atoms. The summed E-state index contributed by atoms with van der Waals surface area (Å²) in [5.74, 6) is -3.52. The maximum absolute atomic E-state index is 13.1. The summed E-state index contributed by atoms with van der Waals surface area (Å²) in [6, 6.07) is 8.97. The number of phenols is 1. The molecular formula is C30H30N6O8S2. The van der Waals surface area contributed by atoms with Crippen LogP contribution in [-0.2, 0) is 38.6 Å². The Bertz CT molecular complexity index is 1760. The average Bonchev–Trinajstić information content (AvgIpc) is 3.48. The quantitative estimate of drug-likeness (QED) is 0.112. The molecule has 14 nitrogen and oxygen atoms in total. The van der Waals surface area contributed by atoms with E-state index in [2.05, 4.69) is 26.1 Å². The van der Waals surface area contributed by atoms with Crippen LogP contribution in [0.1, 0.15) is 40.2 Å². The lowest BCUT2D eigenvalue weighted by molar-refractivity contribution is -0.697. The second-order valence-electron chi connectivity index (χ2n) is 10.4. The van der Waals surface area contributed by atoms with Crippen molar-refractivity contribution in [1.29, 1.82) is 0 Å². The van der Waals surface area contributed by atoms with E-state index in [9.17, 15) is 24.3 Å². The van der Waals surface area contributed by atoms with Crippen LogP contribution < -0.4 is 20.7 Å². The van der Waals surface area contributed by atoms with Gasteiger partial charge in [-0.2, -0.15) is 4.57 Å². The lowest BCUT2D eigenvalue weighted by Gasteiger charge is -2.50. The number of pyridine rings is 1. The molecule has 0 saturated carbocycles. The van der Waals surface area contributed by atoms with Crippen molar-refractivity contribution in [3.63, 3.8) is 0 Å². The molecule has 3 aromatic rings. The maximum Gasteiger partial charge on any atom is 0.339 e. The van der Waals surface area contributed by atoms with Crippen molar-refractivity contribution in [2.24, 2.45) is 5.16 Å². The van der Waals surface area contributed by atoms with Gasteiger partial charge in [-0.25, -0.2) is 9.78 Å². The van der Waals surface area contributed by atoms with Gasteiger partial charge in [0.1, 0.15) is 35.5 Å². The summed E-state index contributed by atoms with van der Waals surface area (Å²) < 4.78 is 2.07. The third-order valence-corrected chi connectivity index (χ3v) is 9.59. The number of carbonyl (C=O) groups excluding carboxylic acids is 3. The minimum Gasteiger partial charge on any atom is -0.543 e. The zero-order chi connectivity index (χ0) is 33.0. The molecule has 0 bridgehead atoms. The van der Waals surface area contributed by atoms with Crippen LogP contribution in [0.25, 0.3) is 0 Å². The molecule has 0 radical (unpaired) electrons. The highest BCUT2D eigenvalue weighted by Gasteiger charge is 2.53. The second-order valence-corrected chi connectivity index (χ2v) is 12.4. The number of thioether (sulfide) groups is 1. The lowest BCUT2D eigenvalue weighted by Crippen LogP contribution is -2.71. The normalized spacial score (nSPS) is 18.8. The van der Waals surface area contributed by atoms with Gasteiger partial charge in [-0.15, -0.1) is 23.1 Å². The number of anilines is 1. The van der Waals surface area contributed by atoms with Gasteiger partial charge in [-0.05, 0) is 37.5 Å². The van der Waals surface area contributed by atoms with E-state index in [1.54, 1.807) is 17.5 Å². The molecule has 46 heavy (non-hydrogen) atoms. The first-order chi connectivity index (χ1) is 22.1. The SMILES string of the molecule is CO/N=C(\C(=O)N[C@@H]1C(=O)N2C(C(=O)[O-])=C(C[n+]3cccc4c3CCCC4)CS[C@H]12)c1csc(N)n1.O=C(O)c1ccccc1O. The van der Waals surface area contributed by atoms with Gasteiger partial charge in [0.05, 0.1) is 11.7 Å². The van der Waals surface area contributed by atoms with Crippen LogP contribution in [0.15, 0.2) is 64.4 Å². The molecule has 0 unspecified atom stereocenters. The molecule has 2 aliphatic heterocycles. The summed E-state index contributed by atoms with van der Waals surface area (Å²) >= 11 is 2.54. The molecule has 3 aliphatic rings. The Morgan fingerprint density at radius 1 is 1.22 bits per heavy atom. The van der Waals surface area contributed by atoms with Gasteiger partial charge in [-0.1, -0.05) is 17.3 Å². The summed E-state index contributed by atoms with van der Waals surface area (Å²) in [5.41, 5.74) is 8.66. The zero-order valence-corrected chi connectivity index (χ0v) is 26.2. The first-order valence-electron chi connectivity index (χ1n) is 14.1. The van der Waals surface area contributed by atoms with Crippen molar-refractivity contribution >= 4 is 57.7 Å². The molecule has 5 N–H and O–H groups in total. The first kappa shape index (κ1) is 32.4. The average molecular weight is 667 g/mol. The number of carboxylic acids is 2. The Morgan fingerprint density at radius 3 is 2.63 bits per heavy atom. The van der Waals surface area contributed by atoms with E-state index in [-0.39, 0.29) is 33.5 Å². The number of nitrogens with two attached hydrogens (primary N) is 1. The molecule has 240 valence electrons. The van der Waals surface area contributed by atoms with Crippen LogP contribution in [-0.4, -0.2) is 73.8 Å². The van der Waals surface area contributed by atoms with Crippen LogP contribution in [0.5, 0.6) is 5.75 Å². The molecule has 1 aromatic carbocycles. The van der Waals surface area contributed by atoms with Gasteiger partial charge in [0.25, 0.3) is 11.8 Å². The number of aliphatic carboxylic acids is 1. The number of carboxylic acid groups (broad SMARTS) is 2. The number of amides is 2. The molecule has 2 aromatic heterocycles. The van der Waals surface area contributed by atoms with Gasteiger partial charge < -0.3 is 36.0 Å². The monoisotopic (exact) mass is 666 g/mol. The van der Waals surface area contributed by atoms with Crippen molar-refractivity contribution in [2.75, 3.05) is 18.6 Å². The number of nitrogens with one attached hydrogen (secondary N) is 1. The van der Waals surface area contributed by atoms with Gasteiger partial charge in [0.2, 0.25) is 0 Å². The highest BCUT2D eigenvalue weighted by molar-refractivity contribution is 8.00. The fraction of sp³-hybridized carbons (Fsp3) is 0.300. The van der Waals surface area contributed by atoms with E-state index < -0.39 is 35.2 Å². The van der Waals surface area contributed by atoms with E-state index >= 15 is 0 Å². The minimum atomic E-state index is -1.40. The number of para-hydroxylation sites is 1. The van der Waals surface area contributed by atoms with Crippen LogP contribution in [0.2, 0.25) is 0 Å². The van der Waals surface area contributed by atoms with Gasteiger partial charge in [0.15, 0.2) is 29.3 Å². The number of aromatic nitrogens is 2. The van der Waals surface area contributed by atoms with Gasteiger partial charge in [0, 0.05) is 34.8 Å². The molecule has 1 aliphatic carbocycles. The van der Waals surface area contributed by atoms with Crippen molar-refractivity contribution in [3.05, 3.63) is 81.8 Å². The molecule has 4 heterocycles. The molecule has 1 saturated heterocycles. The molecular weight excluding hydrogens is 636 g/mol. The number of hydrogen-bond acceptors (Lipinski definition) is 12. The van der Waals surface area contributed by atoms with Crippen molar-refractivity contribution in [3.8, 4) is 5.75 Å².